The van der Waals surface area contributed by atoms with E-state index < -0.39 is 6.04 Å². The van der Waals surface area contributed by atoms with Gasteiger partial charge >= 0.3 is 0 Å². The molecule has 0 saturated carbocycles. The predicted molar refractivity (Wildman–Crippen MR) is 119 cm³/mol. The van der Waals surface area contributed by atoms with Crippen molar-refractivity contribution in [2.45, 2.75) is 44.7 Å². The lowest BCUT2D eigenvalue weighted by molar-refractivity contribution is -0.119. The lowest BCUT2D eigenvalue weighted by Gasteiger charge is -2.17. The molecule has 3 heterocycles. The van der Waals surface area contributed by atoms with Crippen molar-refractivity contribution in [2.75, 3.05) is 5.32 Å². The molecular formula is C23H24N8O. The zero-order chi connectivity index (χ0) is 21.8. The standard InChI is InChI=1S/C23H24N8O/c32-23(20(31-16-24-28-29-31)14-17-8-3-1-4-9-17)25-19-11-7-10-18(15-19)22-27-26-21-12-5-2-6-13-30(21)22/h1,3-4,7-11,15-16,20H,2,5-6,12-14H2,(H,25,32). The molecule has 1 unspecified atom stereocenters. The van der Waals surface area contributed by atoms with Gasteiger partial charge in [0.15, 0.2) is 5.82 Å². The lowest BCUT2D eigenvalue weighted by Crippen LogP contribution is -2.28. The van der Waals surface area contributed by atoms with Gasteiger partial charge in [0.2, 0.25) is 5.91 Å². The first-order valence-electron chi connectivity index (χ1n) is 10.9. The van der Waals surface area contributed by atoms with Crippen molar-refractivity contribution in [3.8, 4) is 11.4 Å². The molecule has 0 radical (unpaired) electrons. The number of aryl methyl sites for hydroxylation is 1. The average molecular weight is 428 g/mol. The quantitative estimate of drug-likeness (QED) is 0.506. The summed E-state index contributed by atoms with van der Waals surface area (Å²) in [6.45, 7) is 0.923. The topological polar surface area (TPSA) is 103 Å². The Hall–Kier alpha value is -3.88. The molecule has 0 aliphatic carbocycles. The van der Waals surface area contributed by atoms with Gasteiger partial charge in [0.1, 0.15) is 18.2 Å². The summed E-state index contributed by atoms with van der Waals surface area (Å²) in [6, 6.07) is 17.0. The SMILES string of the molecule is O=C(Nc1cccc(-c2nnc3n2CCCCC3)c1)C(Cc1ccccc1)n1cnnn1. The Kier molecular flexibility index (Phi) is 5.69. The molecule has 2 aromatic carbocycles. The summed E-state index contributed by atoms with van der Waals surface area (Å²) in [4.78, 5) is 13.2. The number of hydrogen-bond donors (Lipinski definition) is 1. The number of tetrazole rings is 1. The van der Waals surface area contributed by atoms with Gasteiger partial charge in [0.25, 0.3) is 0 Å². The lowest BCUT2D eigenvalue weighted by atomic mass is 10.1. The molecule has 9 nitrogen and oxygen atoms in total. The van der Waals surface area contributed by atoms with E-state index in [0.29, 0.717) is 12.1 Å². The molecule has 1 atom stereocenters. The second-order valence-electron chi connectivity index (χ2n) is 7.97. The minimum absolute atomic E-state index is 0.182. The number of benzene rings is 2. The van der Waals surface area contributed by atoms with Crippen molar-refractivity contribution in [2.24, 2.45) is 0 Å². The van der Waals surface area contributed by atoms with E-state index in [1.165, 1.54) is 17.4 Å². The summed E-state index contributed by atoms with van der Waals surface area (Å²) in [6.07, 6.45) is 6.38. The first-order valence-corrected chi connectivity index (χ1v) is 10.9. The monoisotopic (exact) mass is 428 g/mol. The summed E-state index contributed by atoms with van der Waals surface area (Å²) in [7, 11) is 0. The molecule has 1 aliphatic heterocycles. The van der Waals surface area contributed by atoms with Crippen molar-refractivity contribution in [1.29, 1.82) is 0 Å². The Morgan fingerprint density at radius 2 is 1.94 bits per heavy atom. The highest BCUT2D eigenvalue weighted by Gasteiger charge is 2.23. The summed E-state index contributed by atoms with van der Waals surface area (Å²) >= 11 is 0. The van der Waals surface area contributed by atoms with Crippen molar-refractivity contribution < 1.29 is 4.79 Å². The van der Waals surface area contributed by atoms with E-state index in [9.17, 15) is 4.79 Å². The number of fused-ring (bicyclic) bond motifs is 1. The number of rotatable bonds is 6. The Labute approximate surface area is 185 Å². The number of carbonyl (C=O) groups excluding carboxylic acids is 1. The maximum Gasteiger partial charge on any atom is 0.249 e. The molecule has 2 aromatic heterocycles. The number of aromatic nitrogens is 7. The van der Waals surface area contributed by atoms with Crippen LogP contribution in [0.4, 0.5) is 5.69 Å². The third-order valence-corrected chi connectivity index (χ3v) is 5.76. The number of anilines is 1. The van der Waals surface area contributed by atoms with Crippen molar-refractivity contribution in [1.82, 2.24) is 35.0 Å². The fraction of sp³-hybridized carbons (Fsp3) is 0.304. The molecule has 0 fully saturated rings. The van der Waals surface area contributed by atoms with Gasteiger partial charge in [-0.25, -0.2) is 4.68 Å². The molecule has 5 rings (SSSR count). The van der Waals surface area contributed by atoms with E-state index in [2.05, 4.69) is 35.6 Å². The van der Waals surface area contributed by atoms with Gasteiger partial charge in [-0.3, -0.25) is 4.79 Å². The second-order valence-corrected chi connectivity index (χ2v) is 7.97. The van der Waals surface area contributed by atoms with E-state index >= 15 is 0 Å². The largest absolute Gasteiger partial charge is 0.324 e. The highest BCUT2D eigenvalue weighted by molar-refractivity contribution is 5.94. The minimum Gasteiger partial charge on any atom is -0.324 e. The molecule has 1 N–H and O–H groups in total. The van der Waals surface area contributed by atoms with Crippen LogP contribution in [0.2, 0.25) is 0 Å². The van der Waals surface area contributed by atoms with Crippen LogP contribution in [-0.2, 0) is 24.2 Å². The van der Waals surface area contributed by atoms with Gasteiger partial charge in [-0.05, 0) is 41.0 Å². The average Bonchev–Trinajstić information content (AvgIpc) is 3.44. The Balaban J connectivity index is 1.38. The normalized spacial score (nSPS) is 14.4. The van der Waals surface area contributed by atoms with Gasteiger partial charge < -0.3 is 9.88 Å². The molecule has 1 amide bonds. The Bertz CT molecular complexity index is 1190. The molecule has 162 valence electrons. The molecule has 0 spiro atoms. The molecule has 9 heteroatoms. The zero-order valence-corrected chi connectivity index (χ0v) is 17.6. The maximum atomic E-state index is 13.2. The third kappa shape index (κ3) is 4.27. The first-order chi connectivity index (χ1) is 15.8. The second kappa shape index (κ2) is 9.09. The summed E-state index contributed by atoms with van der Waals surface area (Å²) in [5.41, 5.74) is 2.66. The van der Waals surface area contributed by atoms with Gasteiger partial charge in [-0.1, -0.05) is 48.9 Å². The van der Waals surface area contributed by atoms with E-state index in [0.717, 1.165) is 48.6 Å². The highest BCUT2D eigenvalue weighted by Crippen LogP contribution is 2.25. The van der Waals surface area contributed by atoms with Crippen LogP contribution in [0.5, 0.6) is 0 Å². The molecule has 0 bridgehead atoms. The molecule has 32 heavy (non-hydrogen) atoms. The molecular weight excluding hydrogens is 404 g/mol. The number of carbonyl (C=O) groups is 1. The van der Waals surface area contributed by atoms with E-state index in [1.54, 1.807) is 0 Å². The number of amides is 1. The van der Waals surface area contributed by atoms with Gasteiger partial charge in [0.05, 0.1) is 0 Å². The molecule has 1 aliphatic rings. The number of nitrogens with one attached hydrogen (secondary N) is 1. The van der Waals surface area contributed by atoms with Crippen molar-refractivity contribution >= 4 is 11.6 Å². The van der Waals surface area contributed by atoms with Crippen LogP contribution < -0.4 is 5.32 Å². The van der Waals surface area contributed by atoms with Crippen LogP contribution in [-0.4, -0.2) is 40.9 Å². The fourth-order valence-electron chi connectivity index (χ4n) is 4.12. The summed E-state index contributed by atoms with van der Waals surface area (Å²) < 4.78 is 3.69. The van der Waals surface area contributed by atoms with Crippen LogP contribution in [0.1, 0.15) is 36.7 Å². The summed E-state index contributed by atoms with van der Waals surface area (Å²) in [5, 5.41) is 23.2. The third-order valence-electron chi connectivity index (χ3n) is 5.76. The Morgan fingerprint density at radius 1 is 1.03 bits per heavy atom. The number of nitrogens with zero attached hydrogens (tertiary/aromatic N) is 7. The smallest absolute Gasteiger partial charge is 0.249 e. The zero-order valence-electron chi connectivity index (χ0n) is 17.6. The van der Waals surface area contributed by atoms with Crippen LogP contribution in [0, 0.1) is 0 Å². The number of hydrogen-bond acceptors (Lipinski definition) is 6. The van der Waals surface area contributed by atoms with Crippen molar-refractivity contribution in [3.05, 3.63) is 72.3 Å². The van der Waals surface area contributed by atoms with E-state index in [4.69, 9.17) is 0 Å². The highest BCUT2D eigenvalue weighted by atomic mass is 16.2. The van der Waals surface area contributed by atoms with Crippen LogP contribution in [0.3, 0.4) is 0 Å². The van der Waals surface area contributed by atoms with Gasteiger partial charge in [-0.2, -0.15) is 0 Å². The van der Waals surface area contributed by atoms with Crippen LogP contribution in [0.15, 0.2) is 60.9 Å². The Morgan fingerprint density at radius 3 is 2.78 bits per heavy atom. The minimum atomic E-state index is -0.569. The first kappa shape index (κ1) is 20.0. The summed E-state index contributed by atoms with van der Waals surface area (Å²) in [5.74, 6) is 1.70. The van der Waals surface area contributed by atoms with Crippen LogP contribution >= 0.6 is 0 Å². The van der Waals surface area contributed by atoms with E-state index in [-0.39, 0.29) is 5.91 Å². The van der Waals surface area contributed by atoms with Gasteiger partial charge in [-0.15, -0.1) is 15.3 Å². The van der Waals surface area contributed by atoms with Gasteiger partial charge in [0, 0.05) is 30.6 Å². The molecule has 0 saturated heterocycles. The fourth-order valence-corrected chi connectivity index (χ4v) is 4.12. The van der Waals surface area contributed by atoms with Crippen molar-refractivity contribution in [3.63, 3.8) is 0 Å². The van der Waals surface area contributed by atoms with Crippen LogP contribution in [0.25, 0.3) is 11.4 Å². The maximum absolute atomic E-state index is 13.2. The molecule has 4 aromatic rings. The van der Waals surface area contributed by atoms with E-state index in [1.807, 2.05) is 54.6 Å². The predicted octanol–water partition coefficient (Wildman–Crippen LogP) is 3.08.